The Kier molecular flexibility index (Phi) is 4.30. The Morgan fingerprint density at radius 2 is 1.92 bits per heavy atom. The van der Waals surface area contributed by atoms with Gasteiger partial charge in [-0.05, 0) is 11.6 Å². The second-order valence-electron chi connectivity index (χ2n) is 5.77. The molecule has 2 atom stereocenters. The number of esters is 1. The quantitative estimate of drug-likeness (QED) is 0.827. The maximum atomic E-state index is 12.5. The van der Waals surface area contributed by atoms with Crippen LogP contribution in [0.3, 0.4) is 0 Å². The standard InChI is InChI=1S/C18H14ClNO6/c19-12-7-14-13(24-9-25-14)6-11(12)16-15(20-18(22)26-16)17(21)23-8-10-4-2-1-3-5-10/h1-7,15-16H,8-9H2,(H,20,22). The molecule has 0 aliphatic carbocycles. The van der Waals surface area contributed by atoms with Gasteiger partial charge in [0, 0.05) is 11.6 Å². The molecule has 0 saturated carbocycles. The predicted octanol–water partition coefficient (Wildman–Crippen LogP) is 2.96. The van der Waals surface area contributed by atoms with Crippen LogP contribution in [-0.4, -0.2) is 24.9 Å². The number of carbonyl (C=O) groups excluding carboxylic acids is 2. The molecule has 26 heavy (non-hydrogen) atoms. The summed E-state index contributed by atoms with van der Waals surface area (Å²) in [5, 5.41) is 2.77. The number of benzene rings is 2. The number of hydrogen-bond acceptors (Lipinski definition) is 6. The summed E-state index contributed by atoms with van der Waals surface area (Å²) in [6.45, 7) is 0.175. The van der Waals surface area contributed by atoms with Gasteiger partial charge in [-0.1, -0.05) is 41.9 Å². The third-order valence-electron chi connectivity index (χ3n) is 4.09. The molecule has 0 aromatic heterocycles. The molecule has 2 aliphatic heterocycles. The topological polar surface area (TPSA) is 83.1 Å². The van der Waals surface area contributed by atoms with E-state index >= 15 is 0 Å². The average Bonchev–Trinajstić information content (AvgIpc) is 3.25. The van der Waals surface area contributed by atoms with E-state index in [1.807, 2.05) is 30.3 Å². The summed E-state index contributed by atoms with van der Waals surface area (Å²) >= 11 is 6.27. The molecular formula is C18H14ClNO6. The van der Waals surface area contributed by atoms with Crippen LogP contribution in [0, 0.1) is 0 Å². The van der Waals surface area contributed by atoms with Gasteiger partial charge in [-0.15, -0.1) is 0 Å². The van der Waals surface area contributed by atoms with E-state index in [1.54, 1.807) is 12.1 Å². The molecule has 1 amide bonds. The molecule has 0 radical (unpaired) electrons. The molecule has 1 saturated heterocycles. The van der Waals surface area contributed by atoms with E-state index in [2.05, 4.69) is 5.32 Å². The summed E-state index contributed by atoms with van der Waals surface area (Å²) in [6.07, 6.45) is -1.64. The Morgan fingerprint density at radius 3 is 2.69 bits per heavy atom. The Balaban J connectivity index is 1.54. The molecule has 2 aromatic carbocycles. The summed E-state index contributed by atoms with van der Waals surface area (Å²) in [4.78, 5) is 24.2. The maximum absolute atomic E-state index is 12.5. The second-order valence-corrected chi connectivity index (χ2v) is 6.18. The summed E-state index contributed by atoms with van der Waals surface area (Å²) in [5.74, 6) is 0.362. The molecular weight excluding hydrogens is 362 g/mol. The number of halogens is 1. The number of cyclic esters (lactones) is 1. The summed E-state index contributed by atoms with van der Waals surface area (Å²) in [7, 11) is 0. The van der Waals surface area contributed by atoms with Crippen molar-refractivity contribution in [1.29, 1.82) is 0 Å². The van der Waals surface area contributed by atoms with Gasteiger partial charge in [0.05, 0.1) is 5.02 Å². The van der Waals surface area contributed by atoms with Gasteiger partial charge in [0.1, 0.15) is 6.61 Å². The highest BCUT2D eigenvalue weighted by Gasteiger charge is 2.43. The number of alkyl carbamates (subject to hydrolysis) is 1. The molecule has 134 valence electrons. The van der Waals surface area contributed by atoms with Crippen molar-refractivity contribution < 1.29 is 28.5 Å². The summed E-state index contributed by atoms with van der Waals surface area (Å²) in [5.41, 5.74) is 1.28. The normalized spacial score (nSPS) is 20.4. The van der Waals surface area contributed by atoms with Gasteiger partial charge in [-0.2, -0.15) is 0 Å². The Bertz CT molecular complexity index is 856. The van der Waals surface area contributed by atoms with Crippen LogP contribution in [0.5, 0.6) is 11.5 Å². The molecule has 0 spiro atoms. The summed E-state index contributed by atoms with van der Waals surface area (Å²) < 4.78 is 21.1. The van der Waals surface area contributed by atoms with Crippen LogP contribution in [0.1, 0.15) is 17.2 Å². The van der Waals surface area contributed by atoms with E-state index in [9.17, 15) is 9.59 Å². The van der Waals surface area contributed by atoms with Crippen LogP contribution < -0.4 is 14.8 Å². The first-order valence-electron chi connectivity index (χ1n) is 7.88. The van der Waals surface area contributed by atoms with Crippen molar-refractivity contribution in [2.24, 2.45) is 0 Å². The van der Waals surface area contributed by atoms with Crippen molar-refractivity contribution in [3.8, 4) is 11.5 Å². The van der Waals surface area contributed by atoms with Crippen LogP contribution >= 0.6 is 11.6 Å². The Hall–Kier alpha value is -2.93. The largest absolute Gasteiger partial charge is 0.459 e. The van der Waals surface area contributed by atoms with Gasteiger partial charge in [0.25, 0.3) is 0 Å². The van der Waals surface area contributed by atoms with Gasteiger partial charge < -0.3 is 24.3 Å². The lowest BCUT2D eigenvalue weighted by atomic mass is 10.0. The highest BCUT2D eigenvalue weighted by atomic mass is 35.5. The van der Waals surface area contributed by atoms with E-state index in [1.165, 1.54) is 0 Å². The van der Waals surface area contributed by atoms with Crippen molar-refractivity contribution in [3.63, 3.8) is 0 Å². The Morgan fingerprint density at radius 1 is 1.19 bits per heavy atom. The zero-order valence-corrected chi connectivity index (χ0v) is 14.2. The first-order valence-corrected chi connectivity index (χ1v) is 8.26. The minimum Gasteiger partial charge on any atom is -0.459 e. The number of amides is 1. The number of ether oxygens (including phenoxy) is 4. The fourth-order valence-electron chi connectivity index (χ4n) is 2.81. The predicted molar refractivity (Wildman–Crippen MR) is 90.0 cm³/mol. The minimum absolute atomic E-state index is 0.0837. The van der Waals surface area contributed by atoms with E-state index in [-0.39, 0.29) is 13.4 Å². The number of nitrogens with one attached hydrogen (secondary N) is 1. The molecule has 1 N–H and O–H groups in total. The molecule has 2 unspecified atom stereocenters. The van der Waals surface area contributed by atoms with Gasteiger partial charge in [0.2, 0.25) is 6.79 Å². The van der Waals surface area contributed by atoms with Gasteiger partial charge in [-0.3, -0.25) is 0 Å². The lowest BCUT2D eigenvalue weighted by Gasteiger charge is -2.18. The van der Waals surface area contributed by atoms with Crippen LogP contribution in [0.2, 0.25) is 5.02 Å². The number of carbonyl (C=O) groups is 2. The molecule has 2 aromatic rings. The van der Waals surface area contributed by atoms with Crippen molar-refractivity contribution in [2.45, 2.75) is 18.8 Å². The zero-order chi connectivity index (χ0) is 18.1. The van der Waals surface area contributed by atoms with Gasteiger partial charge in [-0.25, -0.2) is 9.59 Å². The zero-order valence-electron chi connectivity index (χ0n) is 13.4. The molecule has 7 nitrogen and oxygen atoms in total. The molecule has 0 bridgehead atoms. The van der Waals surface area contributed by atoms with E-state index < -0.39 is 24.2 Å². The van der Waals surface area contributed by atoms with Crippen molar-refractivity contribution in [1.82, 2.24) is 5.32 Å². The lowest BCUT2D eigenvalue weighted by molar-refractivity contribution is -0.148. The number of fused-ring (bicyclic) bond motifs is 1. The Labute approximate surface area is 153 Å². The second kappa shape index (κ2) is 6.76. The highest BCUT2D eigenvalue weighted by Crippen LogP contribution is 2.41. The van der Waals surface area contributed by atoms with Crippen molar-refractivity contribution in [3.05, 3.63) is 58.6 Å². The van der Waals surface area contributed by atoms with Crippen LogP contribution in [0.25, 0.3) is 0 Å². The van der Waals surface area contributed by atoms with E-state index in [0.717, 1.165) is 5.56 Å². The van der Waals surface area contributed by atoms with Crippen molar-refractivity contribution >= 4 is 23.7 Å². The van der Waals surface area contributed by atoms with Crippen molar-refractivity contribution in [2.75, 3.05) is 6.79 Å². The van der Waals surface area contributed by atoms with Crippen LogP contribution in [0.4, 0.5) is 4.79 Å². The summed E-state index contributed by atoms with van der Waals surface area (Å²) in [6, 6.07) is 11.4. The lowest BCUT2D eigenvalue weighted by Crippen LogP contribution is -2.37. The highest BCUT2D eigenvalue weighted by molar-refractivity contribution is 6.31. The molecule has 1 fully saturated rings. The maximum Gasteiger partial charge on any atom is 0.408 e. The third kappa shape index (κ3) is 3.13. The number of hydrogen-bond donors (Lipinski definition) is 1. The number of rotatable bonds is 4. The van der Waals surface area contributed by atoms with Gasteiger partial charge >= 0.3 is 12.1 Å². The van der Waals surface area contributed by atoms with Crippen LogP contribution in [-0.2, 0) is 20.9 Å². The molecule has 4 rings (SSSR count). The smallest absolute Gasteiger partial charge is 0.408 e. The molecule has 2 aliphatic rings. The first-order chi connectivity index (χ1) is 12.6. The SMILES string of the molecule is O=C1NC(C(=O)OCc2ccccc2)C(c2cc3c(cc2Cl)OCO3)O1. The third-order valence-corrected chi connectivity index (χ3v) is 4.41. The first kappa shape index (κ1) is 16.5. The van der Waals surface area contributed by atoms with Crippen LogP contribution in [0.15, 0.2) is 42.5 Å². The minimum atomic E-state index is -1.01. The molecule has 2 heterocycles. The molecule has 8 heteroatoms. The van der Waals surface area contributed by atoms with E-state index in [0.29, 0.717) is 22.1 Å². The average molecular weight is 376 g/mol. The van der Waals surface area contributed by atoms with E-state index in [4.69, 9.17) is 30.5 Å². The fourth-order valence-corrected chi connectivity index (χ4v) is 3.08. The fraction of sp³-hybridized carbons (Fsp3) is 0.222. The van der Waals surface area contributed by atoms with Gasteiger partial charge in [0.15, 0.2) is 23.6 Å². The monoisotopic (exact) mass is 375 g/mol.